The zero-order valence-corrected chi connectivity index (χ0v) is 13.3. The molecule has 2 heterocycles. The van der Waals surface area contributed by atoms with E-state index in [4.69, 9.17) is 0 Å². The molecule has 3 nitrogen and oxygen atoms in total. The Bertz CT molecular complexity index is 419. The van der Waals surface area contributed by atoms with Gasteiger partial charge in [-0.2, -0.15) is 11.8 Å². The minimum absolute atomic E-state index is 0.103. The van der Waals surface area contributed by atoms with E-state index in [-0.39, 0.29) is 12.1 Å². The number of thiophene rings is 1. The number of carbonyl (C=O) groups is 1. The molecule has 1 aliphatic rings. The molecule has 0 aromatic carbocycles. The molecule has 1 aliphatic heterocycles. The van der Waals surface area contributed by atoms with Crippen LogP contribution in [-0.2, 0) is 4.79 Å². The summed E-state index contributed by atoms with van der Waals surface area (Å²) in [6, 6.07) is 4.26. The minimum Gasteiger partial charge on any atom is -0.321 e. The fraction of sp³-hybridized carbons (Fsp3) is 0.643. The molecule has 1 N–H and O–H groups in total. The first-order valence-corrected chi connectivity index (χ1v) is 9.01. The van der Waals surface area contributed by atoms with Crippen molar-refractivity contribution in [3.63, 3.8) is 0 Å². The molecule has 106 valence electrons. The van der Waals surface area contributed by atoms with Gasteiger partial charge < -0.3 is 4.90 Å². The zero-order valence-electron chi connectivity index (χ0n) is 11.6. The molecule has 1 aromatic heterocycles. The molecule has 1 unspecified atom stereocenters. The predicted molar refractivity (Wildman–Crippen MR) is 83.7 cm³/mol. The summed E-state index contributed by atoms with van der Waals surface area (Å²) in [5.41, 5.74) is 0. The molecule has 0 bridgehead atoms. The molecule has 1 saturated heterocycles. The molecule has 19 heavy (non-hydrogen) atoms. The first kappa shape index (κ1) is 14.9. The first-order chi connectivity index (χ1) is 9.22. The van der Waals surface area contributed by atoms with E-state index in [0.717, 1.165) is 13.0 Å². The van der Waals surface area contributed by atoms with Crippen molar-refractivity contribution in [3.05, 3.63) is 21.9 Å². The van der Waals surface area contributed by atoms with Crippen LogP contribution in [0.15, 0.2) is 12.1 Å². The normalized spacial score (nSPS) is 19.4. The number of thioether (sulfide) groups is 1. The fourth-order valence-corrected chi connectivity index (χ4v) is 3.81. The lowest BCUT2D eigenvalue weighted by Gasteiger charge is -2.23. The van der Waals surface area contributed by atoms with Crippen LogP contribution in [0.5, 0.6) is 0 Å². The third-order valence-electron chi connectivity index (χ3n) is 3.36. The molecule has 2 rings (SSSR count). The highest BCUT2D eigenvalue weighted by Gasteiger charge is 2.31. The maximum atomic E-state index is 11.9. The van der Waals surface area contributed by atoms with Crippen LogP contribution in [0.1, 0.15) is 35.2 Å². The Kier molecular flexibility index (Phi) is 5.73. The zero-order chi connectivity index (χ0) is 13.7. The van der Waals surface area contributed by atoms with Gasteiger partial charge in [0.25, 0.3) is 0 Å². The van der Waals surface area contributed by atoms with Gasteiger partial charge in [-0.05, 0) is 43.9 Å². The lowest BCUT2D eigenvalue weighted by Crippen LogP contribution is -2.30. The maximum Gasteiger partial charge on any atom is 0.238 e. The van der Waals surface area contributed by atoms with Crippen LogP contribution in [0.2, 0.25) is 0 Å². The standard InChI is InChI=1S/C14H22N2OS2/c1-11-6-7-12(19-11)14-15-10-13(17)16(14)8-4-3-5-9-18-2/h6-7,14-15H,3-5,8-10H2,1-2H3. The molecule has 0 radical (unpaired) electrons. The highest BCUT2D eigenvalue weighted by atomic mass is 32.2. The van der Waals surface area contributed by atoms with Gasteiger partial charge in [-0.15, -0.1) is 11.3 Å². The van der Waals surface area contributed by atoms with Gasteiger partial charge >= 0.3 is 0 Å². The van der Waals surface area contributed by atoms with Crippen LogP contribution >= 0.6 is 23.1 Å². The summed E-state index contributed by atoms with van der Waals surface area (Å²) in [6.07, 6.45) is 5.81. The van der Waals surface area contributed by atoms with E-state index in [1.54, 1.807) is 11.3 Å². The van der Waals surface area contributed by atoms with Gasteiger partial charge in [-0.25, -0.2) is 0 Å². The minimum atomic E-state index is 0.103. The number of carbonyl (C=O) groups excluding carboxylic acids is 1. The van der Waals surface area contributed by atoms with Crippen molar-refractivity contribution in [3.8, 4) is 0 Å². The summed E-state index contributed by atoms with van der Waals surface area (Å²) >= 11 is 3.67. The Morgan fingerprint density at radius 1 is 1.42 bits per heavy atom. The smallest absolute Gasteiger partial charge is 0.238 e. The topological polar surface area (TPSA) is 32.3 Å². The second-order valence-corrected chi connectivity index (χ2v) is 7.18. The van der Waals surface area contributed by atoms with Gasteiger partial charge in [-0.3, -0.25) is 10.1 Å². The number of nitrogens with one attached hydrogen (secondary N) is 1. The van der Waals surface area contributed by atoms with Crippen molar-refractivity contribution in [2.45, 2.75) is 32.4 Å². The van der Waals surface area contributed by atoms with Crippen molar-refractivity contribution in [2.24, 2.45) is 0 Å². The first-order valence-electron chi connectivity index (χ1n) is 6.80. The molecule has 5 heteroatoms. The van der Waals surface area contributed by atoms with E-state index < -0.39 is 0 Å². The number of hydrogen-bond acceptors (Lipinski definition) is 4. The Labute approximate surface area is 123 Å². The summed E-state index contributed by atoms with van der Waals surface area (Å²) in [7, 11) is 0. The number of hydrogen-bond donors (Lipinski definition) is 1. The van der Waals surface area contributed by atoms with E-state index in [2.05, 4.69) is 30.6 Å². The van der Waals surface area contributed by atoms with Crippen LogP contribution in [-0.4, -0.2) is 35.9 Å². The van der Waals surface area contributed by atoms with Crippen molar-refractivity contribution in [2.75, 3.05) is 25.1 Å². The third-order valence-corrected chi connectivity index (χ3v) is 5.11. The van der Waals surface area contributed by atoms with Crippen LogP contribution in [0, 0.1) is 6.92 Å². The molecule has 1 atom stereocenters. The lowest BCUT2D eigenvalue weighted by molar-refractivity contribution is -0.128. The monoisotopic (exact) mass is 298 g/mol. The van der Waals surface area contributed by atoms with Crippen molar-refractivity contribution in [1.82, 2.24) is 10.2 Å². The molecule has 1 aromatic rings. The fourth-order valence-electron chi connectivity index (χ4n) is 2.35. The highest BCUT2D eigenvalue weighted by Crippen LogP contribution is 2.28. The van der Waals surface area contributed by atoms with Gasteiger partial charge in [-0.1, -0.05) is 6.42 Å². The highest BCUT2D eigenvalue weighted by molar-refractivity contribution is 7.98. The van der Waals surface area contributed by atoms with Crippen LogP contribution in [0.4, 0.5) is 0 Å². The molecular formula is C14H22N2OS2. The Morgan fingerprint density at radius 2 is 2.26 bits per heavy atom. The van der Waals surface area contributed by atoms with Gasteiger partial charge in [0.1, 0.15) is 6.17 Å². The number of aryl methyl sites for hydroxylation is 1. The summed E-state index contributed by atoms with van der Waals surface area (Å²) in [4.78, 5) is 16.5. The molecule has 0 saturated carbocycles. The Hall–Kier alpha value is -0.520. The SMILES string of the molecule is CSCCCCCN1C(=O)CNC1c1ccc(C)s1. The van der Waals surface area contributed by atoms with Gasteiger partial charge in [0.05, 0.1) is 6.54 Å². The van der Waals surface area contributed by atoms with Crippen molar-refractivity contribution >= 4 is 29.0 Å². The van der Waals surface area contributed by atoms with E-state index in [0.29, 0.717) is 6.54 Å². The molecule has 0 aliphatic carbocycles. The average molecular weight is 298 g/mol. The molecule has 1 fully saturated rings. The van der Waals surface area contributed by atoms with E-state index in [9.17, 15) is 4.79 Å². The lowest BCUT2D eigenvalue weighted by atomic mass is 10.2. The van der Waals surface area contributed by atoms with E-state index in [1.807, 2.05) is 16.7 Å². The van der Waals surface area contributed by atoms with E-state index in [1.165, 1.54) is 28.3 Å². The second kappa shape index (κ2) is 7.31. The summed E-state index contributed by atoms with van der Waals surface area (Å²) in [6.45, 7) is 3.46. The van der Waals surface area contributed by atoms with Crippen LogP contribution in [0.25, 0.3) is 0 Å². The van der Waals surface area contributed by atoms with Crippen LogP contribution in [0.3, 0.4) is 0 Å². The number of amides is 1. The van der Waals surface area contributed by atoms with Gasteiger partial charge in [0, 0.05) is 16.3 Å². The Morgan fingerprint density at radius 3 is 2.95 bits per heavy atom. The molecule has 0 spiro atoms. The van der Waals surface area contributed by atoms with Gasteiger partial charge in [0.2, 0.25) is 5.91 Å². The maximum absolute atomic E-state index is 11.9. The summed E-state index contributed by atoms with van der Waals surface area (Å²) in [5, 5.41) is 3.32. The second-order valence-electron chi connectivity index (χ2n) is 4.87. The van der Waals surface area contributed by atoms with E-state index >= 15 is 0 Å². The number of rotatable bonds is 7. The van der Waals surface area contributed by atoms with Crippen LogP contribution < -0.4 is 5.32 Å². The van der Waals surface area contributed by atoms with Crippen molar-refractivity contribution in [1.29, 1.82) is 0 Å². The quantitative estimate of drug-likeness (QED) is 0.785. The Balaban J connectivity index is 1.87. The summed E-state index contributed by atoms with van der Waals surface area (Å²) < 4.78 is 0. The number of unbranched alkanes of at least 4 members (excludes halogenated alkanes) is 2. The largest absolute Gasteiger partial charge is 0.321 e. The molecule has 1 amide bonds. The summed E-state index contributed by atoms with van der Waals surface area (Å²) in [5.74, 6) is 1.46. The molecular weight excluding hydrogens is 276 g/mol. The number of nitrogens with zero attached hydrogens (tertiary/aromatic N) is 1. The van der Waals surface area contributed by atoms with Crippen molar-refractivity contribution < 1.29 is 4.79 Å². The van der Waals surface area contributed by atoms with Gasteiger partial charge in [0.15, 0.2) is 0 Å². The third kappa shape index (κ3) is 3.97. The predicted octanol–water partition coefficient (Wildman–Crippen LogP) is 3.02. The average Bonchev–Trinajstić information content (AvgIpc) is 2.96.